The summed E-state index contributed by atoms with van der Waals surface area (Å²) in [5.41, 5.74) is 0. The van der Waals surface area contributed by atoms with Crippen molar-refractivity contribution in [3.05, 3.63) is 0 Å². The van der Waals surface area contributed by atoms with Crippen LogP contribution in [0.2, 0.25) is 0 Å². The Labute approximate surface area is 147 Å². The Hall–Kier alpha value is -2.16. The van der Waals surface area contributed by atoms with Gasteiger partial charge in [0.05, 0.1) is 12.6 Å². The molecule has 0 aliphatic carbocycles. The lowest BCUT2D eigenvalue weighted by atomic mass is 10.0. The molecule has 3 unspecified atom stereocenters. The highest BCUT2D eigenvalue weighted by Gasteiger charge is 2.28. The van der Waals surface area contributed by atoms with Crippen LogP contribution in [-0.2, 0) is 19.2 Å². The average molecular weight is 356 g/mol. The molecule has 0 aromatic rings. The molecule has 5 N–H and O–H groups in total. The fraction of sp³-hybridized carbons (Fsp3) is 0.750. The summed E-state index contributed by atoms with van der Waals surface area (Å²) < 4.78 is 0. The normalized spacial score (nSPS) is 19.1. The molecule has 0 aromatic carbocycles. The van der Waals surface area contributed by atoms with E-state index in [2.05, 4.69) is 21.3 Å². The summed E-state index contributed by atoms with van der Waals surface area (Å²) in [4.78, 5) is 46.9. The predicted molar refractivity (Wildman–Crippen MR) is 90.7 cm³/mol. The van der Waals surface area contributed by atoms with Crippen LogP contribution in [0, 0.1) is 5.92 Å². The molecular weight excluding hydrogens is 328 g/mol. The lowest BCUT2D eigenvalue weighted by Crippen LogP contribution is -2.53. The molecule has 0 aromatic heterocycles. The third kappa shape index (κ3) is 7.51. The van der Waals surface area contributed by atoms with Gasteiger partial charge in [-0.15, -0.1) is 0 Å². The zero-order chi connectivity index (χ0) is 19.0. The van der Waals surface area contributed by atoms with Gasteiger partial charge < -0.3 is 26.4 Å². The molecule has 142 valence electrons. The number of hydrogen-bond donors (Lipinski definition) is 5. The highest BCUT2D eigenvalue weighted by Crippen LogP contribution is 2.08. The van der Waals surface area contributed by atoms with Crippen molar-refractivity contribution in [2.75, 3.05) is 13.1 Å². The first kappa shape index (κ1) is 20.9. The van der Waals surface area contributed by atoms with E-state index in [1.807, 2.05) is 13.8 Å². The van der Waals surface area contributed by atoms with Gasteiger partial charge in [0.2, 0.25) is 17.7 Å². The number of hydrogen-bond acceptors (Lipinski definition) is 5. The Balaban J connectivity index is 2.53. The van der Waals surface area contributed by atoms with Crippen LogP contribution >= 0.6 is 0 Å². The standard InChI is InChI=1S/C16H28N4O5/c1-9(2)7-12(20-15(23)11-5-4-6-17-11)14(22)18-8-13(21)19-10(3)16(24)25/h9-12,17H,4-8H2,1-3H3,(H,18,22)(H,19,21)(H,20,23)(H,24,25). The summed E-state index contributed by atoms with van der Waals surface area (Å²) in [6.45, 7) is 5.63. The second-order valence-corrected chi connectivity index (χ2v) is 6.68. The van der Waals surface area contributed by atoms with Gasteiger partial charge in [-0.25, -0.2) is 0 Å². The molecule has 1 aliphatic heterocycles. The van der Waals surface area contributed by atoms with E-state index < -0.39 is 29.9 Å². The van der Waals surface area contributed by atoms with E-state index in [9.17, 15) is 19.2 Å². The zero-order valence-electron chi connectivity index (χ0n) is 14.9. The molecule has 0 spiro atoms. The molecule has 3 amide bonds. The first-order chi connectivity index (χ1) is 11.7. The minimum absolute atomic E-state index is 0.174. The van der Waals surface area contributed by atoms with E-state index in [1.165, 1.54) is 6.92 Å². The Morgan fingerprint density at radius 3 is 2.36 bits per heavy atom. The van der Waals surface area contributed by atoms with Crippen LogP contribution in [0.25, 0.3) is 0 Å². The van der Waals surface area contributed by atoms with Crippen LogP contribution in [-0.4, -0.2) is 60.0 Å². The van der Waals surface area contributed by atoms with Gasteiger partial charge in [-0.3, -0.25) is 19.2 Å². The summed E-state index contributed by atoms with van der Waals surface area (Å²) in [5, 5.41) is 19.2. The second-order valence-electron chi connectivity index (χ2n) is 6.68. The molecule has 9 heteroatoms. The lowest BCUT2D eigenvalue weighted by molar-refractivity contribution is -0.141. The molecule has 0 saturated carbocycles. The number of amides is 3. The number of carbonyl (C=O) groups excluding carboxylic acids is 3. The van der Waals surface area contributed by atoms with Gasteiger partial charge in [-0.05, 0) is 38.6 Å². The zero-order valence-corrected chi connectivity index (χ0v) is 14.9. The molecule has 0 radical (unpaired) electrons. The third-order valence-electron chi connectivity index (χ3n) is 3.89. The average Bonchev–Trinajstić information content (AvgIpc) is 3.05. The molecule has 1 aliphatic rings. The quantitative estimate of drug-likeness (QED) is 0.358. The maximum absolute atomic E-state index is 12.3. The number of carboxylic acids is 1. The molecular formula is C16H28N4O5. The van der Waals surface area contributed by atoms with Crippen LogP contribution in [0.1, 0.15) is 40.0 Å². The van der Waals surface area contributed by atoms with Crippen molar-refractivity contribution in [3.63, 3.8) is 0 Å². The van der Waals surface area contributed by atoms with E-state index in [4.69, 9.17) is 5.11 Å². The van der Waals surface area contributed by atoms with Gasteiger partial charge in [0.15, 0.2) is 0 Å². The van der Waals surface area contributed by atoms with E-state index in [0.717, 1.165) is 19.4 Å². The van der Waals surface area contributed by atoms with E-state index in [0.29, 0.717) is 6.42 Å². The van der Waals surface area contributed by atoms with Gasteiger partial charge in [-0.1, -0.05) is 13.8 Å². The van der Waals surface area contributed by atoms with Crippen molar-refractivity contribution in [3.8, 4) is 0 Å². The van der Waals surface area contributed by atoms with E-state index in [1.54, 1.807) is 0 Å². The predicted octanol–water partition coefficient (Wildman–Crippen LogP) is -1.03. The smallest absolute Gasteiger partial charge is 0.325 e. The first-order valence-electron chi connectivity index (χ1n) is 8.54. The highest BCUT2D eigenvalue weighted by atomic mass is 16.4. The molecule has 1 heterocycles. The molecule has 1 rings (SSSR count). The molecule has 3 atom stereocenters. The fourth-order valence-corrected chi connectivity index (χ4v) is 2.53. The van der Waals surface area contributed by atoms with Crippen molar-refractivity contribution < 1.29 is 24.3 Å². The maximum Gasteiger partial charge on any atom is 0.325 e. The van der Waals surface area contributed by atoms with Crippen molar-refractivity contribution in [1.29, 1.82) is 0 Å². The molecule has 1 saturated heterocycles. The summed E-state index contributed by atoms with van der Waals surface area (Å²) in [7, 11) is 0. The maximum atomic E-state index is 12.3. The Kier molecular flexibility index (Phi) is 8.33. The van der Waals surface area contributed by atoms with Gasteiger partial charge in [0.25, 0.3) is 0 Å². The van der Waals surface area contributed by atoms with Gasteiger partial charge >= 0.3 is 5.97 Å². The largest absolute Gasteiger partial charge is 0.480 e. The summed E-state index contributed by atoms with van der Waals surface area (Å²) in [5.74, 6) is -2.27. The van der Waals surface area contributed by atoms with Crippen LogP contribution in [0.5, 0.6) is 0 Å². The third-order valence-corrected chi connectivity index (χ3v) is 3.89. The van der Waals surface area contributed by atoms with E-state index in [-0.39, 0.29) is 24.4 Å². The number of carboxylic acid groups (broad SMARTS) is 1. The van der Waals surface area contributed by atoms with Gasteiger partial charge in [-0.2, -0.15) is 0 Å². The van der Waals surface area contributed by atoms with Gasteiger partial charge in [0.1, 0.15) is 12.1 Å². The molecule has 0 bridgehead atoms. The minimum Gasteiger partial charge on any atom is -0.480 e. The lowest BCUT2D eigenvalue weighted by Gasteiger charge is -2.22. The number of carbonyl (C=O) groups is 4. The topological polar surface area (TPSA) is 137 Å². The second kappa shape index (κ2) is 9.97. The monoisotopic (exact) mass is 356 g/mol. The molecule has 9 nitrogen and oxygen atoms in total. The Morgan fingerprint density at radius 1 is 1.16 bits per heavy atom. The van der Waals surface area contributed by atoms with Crippen LogP contribution in [0.4, 0.5) is 0 Å². The first-order valence-corrected chi connectivity index (χ1v) is 8.54. The molecule has 25 heavy (non-hydrogen) atoms. The van der Waals surface area contributed by atoms with Gasteiger partial charge in [0, 0.05) is 0 Å². The van der Waals surface area contributed by atoms with Crippen molar-refractivity contribution in [2.24, 2.45) is 5.92 Å². The molecule has 1 fully saturated rings. The van der Waals surface area contributed by atoms with Crippen LogP contribution in [0.15, 0.2) is 0 Å². The Bertz CT molecular complexity index is 503. The SMILES string of the molecule is CC(C)CC(NC(=O)C1CCCN1)C(=O)NCC(=O)NC(C)C(=O)O. The van der Waals surface area contributed by atoms with E-state index >= 15 is 0 Å². The summed E-state index contributed by atoms with van der Waals surface area (Å²) in [6.07, 6.45) is 2.09. The minimum atomic E-state index is -1.16. The fourth-order valence-electron chi connectivity index (χ4n) is 2.53. The van der Waals surface area contributed by atoms with Crippen LogP contribution in [0.3, 0.4) is 0 Å². The van der Waals surface area contributed by atoms with Crippen LogP contribution < -0.4 is 21.3 Å². The summed E-state index contributed by atoms with van der Waals surface area (Å²) >= 11 is 0. The van der Waals surface area contributed by atoms with Crippen molar-refractivity contribution >= 4 is 23.7 Å². The van der Waals surface area contributed by atoms with Crippen molar-refractivity contribution in [2.45, 2.75) is 58.2 Å². The Morgan fingerprint density at radius 2 is 1.84 bits per heavy atom. The number of aliphatic carboxylic acids is 1. The van der Waals surface area contributed by atoms with Crippen molar-refractivity contribution in [1.82, 2.24) is 21.3 Å². The number of nitrogens with one attached hydrogen (secondary N) is 4. The summed E-state index contributed by atoms with van der Waals surface area (Å²) in [6, 6.07) is -2.06. The number of rotatable bonds is 9. The highest BCUT2D eigenvalue weighted by molar-refractivity contribution is 5.92.